The minimum absolute atomic E-state index is 0.190. The maximum absolute atomic E-state index is 13.8. The summed E-state index contributed by atoms with van der Waals surface area (Å²) in [5.41, 5.74) is 0.190. The Kier molecular flexibility index (Phi) is 5.11. The Hall–Kier alpha value is -1.00. The van der Waals surface area contributed by atoms with E-state index in [0.717, 1.165) is 19.5 Å². The van der Waals surface area contributed by atoms with Crippen molar-refractivity contribution in [3.8, 4) is 0 Å². The molecule has 1 saturated heterocycles. The largest absolute Gasteiger partial charge is 0.311 e. The molecule has 0 saturated carbocycles. The molecule has 1 aliphatic heterocycles. The van der Waals surface area contributed by atoms with Gasteiger partial charge in [-0.05, 0) is 31.4 Å². The summed E-state index contributed by atoms with van der Waals surface area (Å²) in [5.74, 6) is -0.317. The Morgan fingerprint density at radius 3 is 2.55 bits per heavy atom. The van der Waals surface area contributed by atoms with Crippen molar-refractivity contribution in [2.75, 3.05) is 13.1 Å². The molecule has 1 aromatic carbocycles. The van der Waals surface area contributed by atoms with E-state index in [1.54, 1.807) is 0 Å². The molecule has 0 aromatic heterocycles. The molecule has 1 aromatic rings. The molecular formula is C16H24F2N2. The summed E-state index contributed by atoms with van der Waals surface area (Å²) in [6.45, 7) is 8.53. The Morgan fingerprint density at radius 1 is 1.30 bits per heavy atom. The summed E-state index contributed by atoms with van der Waals surface area (Å²) in [6.07, 6.45) is 1.04. The first kappa shape index (κ1) is 15.4. The van der Waals surface area contributed by atoms with E-state index in [0.29, 0.717) is 24.5 Å². The fraction of sp³-hybridized carbons (Fsp3) is 0.625. The average molecular weight is 282 g/mol. The van der Waals surface area contributed by atoms with Crippen molar-refractivity contribution in [3.63, 3.8) is 0 Å². The highest BCUT2D eigenvalue weighted by molar-refractivity contribution is 5.19. The van der Waals surface area contributed by atoms with Crippen LogP contribution in [0.4, 0.5) is 8.78 Å². The van der Waals surface area contributed by atoms with E-state index in [4.69, 9.17) is 0 Å². The standard InChI is InChI=1S/C16H24F2N2/c1-11(2)7-13-8-19-12(3)9-20(13)10-14-15(17)5-4-6-16(14)18/h4-6,11-13,19H,7-10H2,1-3H3. The summed E-state index contributed by atoms with van der Waals surface area (Å²) in [7, 11) is 0. The molecule has 1 heterocycles. The van der Waals surface area contributed by atoms with E-state index in [1.165, 1.54) is 18.2 Å². The number of halogens is 2. The first-order chi connectivity index (χ1) is 9.47. The fourth-order valence-corrected chi connectivity index (χ4v) is 2.89. The summed E-state index contributed by atoms with van der Waals surface area (Å²) >= 11 is 0. The predicted molar refractivity (Wildman–Crippen MR) is 77.5 cm³/mol. The number of hydrogen-bond acceptors (Lipinski definition) is 2. The summed E-state index contributed by atoms with van der Waals surface area (Å²) in [4.78, 5) is 2.21. The monoisotopic (exact) mass is 282 g/mol. The normalized spacial score (nSPS) is 24.3. The van der Waals surface area contributed by atoms with Gasteiger partial charge in [0, 0.05) is 37.3 Å². The zero-order valence-corrected chi connectivity index (χ0v) is 12.5. The van der Waals surface area contributed by atoms with Gasteiger partial charge in [0.15, 0.2) is 0 Å². The van der Waals surface area contributed by atoms with Crippen molar-refractivity contribution >= 4 is 0 Å². The molecule has 1 N–H and O–H groups in total. The van der Waals surface area contributed by atoms with Gasteiger partial charge in [-0.3, -0.25) is 4.90 Å². The Labute approximate surface area is 120 Å². The van der Waals surface area contributed by atoms with Gasteiger partial charge in [-0.25, -0.2) is 8.78 Å². The second-order valence-electron chi connectivity index (χ2n) is 6.22. The third kappa shape index (κ3) is 3.76. The van der Waals surface area contributed by atoms with Gasteiger partial charge in [0.25, 0.3) is 0 Å². The van der Waals surface area contributed by atoms with Gasteiger partial charge in [0.2, 0.25) is 0 Å². The molecule has 0 amide bonds. The highest BCUT2D eigenvalue weighted by Gasteiger charge is 2.27. The molecule has 0 radical (unpaired) electrons. The van der Waals surface area contributed by atoms with Gasteiger partial charge < -0.3 is 5.32 Å². The van der Waals surface area contributed by atoms with Crippen LogP contribution in [0.2, 0.25) is 0 Å². The Balaban J connectivity index is 2.14. The minimum Gasteiger partial charge on any atom is -0.311 e. The van der Waals surface area contributed by atoms with Crippen LogP contribution in [0.3, 0.4) is 0 Å². The van der Waals surface area contributed by atoms with Crippen molar-refractivity contribution in [2.45, 2.75) is 45.8 Å². The molecule has 1 aliphatic rings. The molecule has 4 heteroatoms. The molecule has 20 heavy (non-hydrogen) atoms. The van der Waals surface area contributed by atoms with Gasteiger partial charge in [-0.15, -0.1) is 0 Å². The van der Waals surface area contributed by atoms with Crippen LogP contribution >= 0.6 is 0 Å². The predicted octanol–water partition coefficient (Wildman–Crippen LogP) is 3.17. The summed E-state index contributed by atoms with van der Waals surface area (Å²) in [5, 5.41) is 3.45. The van der Waals surface area contributed by atoms with Crippen LogP contribution in [-0.4, -0.2) is 30.1 Å². The van der Waals surface area contributed by atoms with Crippen molar-refractivity contribution in [1.29, 1.82) is 0 Å². The first-order valence-corrected chi connectivity index (χ1v) is 7.37. The molecule has 2 unspecified atom stereocenters. The third-order valence-electron chi connectivity index (χ3n) is 3.89. The quantitative estimate of drug-likeness (QED) is 0.912. The number of benzene rings is 1. The van der Waals surface area contributed by atoms with E-state index in [-0.39, 0.29) is 5.56 Å². The van der Waals surface area contributed by atoms with Crippen molar-refractivity contribution in [2.24, 2.45) is 5.92 Å². The molecule has 0 aliphatic carbocycles. The van der Waals surface area contributed by atoms with Gasteiger partial charge in [0.1, 0.15) is 11.6 Å². The van der Waals surface area contributed by atoms with Gasteiger partial charge >= 0.3 is 0 Å². The second kappa shape index (κ2) is 6.64. The lowest BCUT2D eigenvalue weighted by atomic mass is 9.98. The number of rotatable bonds is 4. The average Bonchev–Trinajstić information content (AvgIpc) is 2.36. The Morgan fingerprint density at radius 2 is 1.95 bits per heavy atom. The van der Waals surface area contributed by atoms with Crippen LogP contribution in [0, 0.1) is 17.6 Å². The maximum atomic E-state index is 13.8. The Bertz CT molecular complexity index is 428. The lowest BCUT2D eigenvalue weighted by Gasteiger charge is -2.40. The molecule has 1 fully saturated rings. The highest BCUT2D eigenvalue weighted by Crippen LogP contribution is 2.21. The molecule has 2 nitrogen and oxygen atoms in total. The van der Waals surface area contributed by atoms with Gasteiger partial charge in [-0.1, -0.05) is 19.9 Å². The number of nitrogens with zero attached hydrogens (tertiary/aromatic N) is 1. The minimum atomic E-state index is -0.445. The SMILES string of the molecule is CC(C)CC1CNC(C)CN1Cc1c(F)cccc1F. The van der Waals surface area contributed by atoms with Crippen molar-refractivity contribution in [1.82, 2.24) is 10.2 Å². The lowest BCUT2D eigenvalue weighted by Crippen LogP contribution is -2.55. The lowest BCUT2D eigenvalue weighted by molar-refractivity contribution is 0.109. The van der Waals surface area contributed by atoms with Crippen LogP contribution in [0.25, 0.3) is 0 Å². The molecule has 2 rings (SSSR count). The van der Waals surface area contributed by atoms with Crippen molar-refractivity contribution < 1.29 is 8.78 Å². The number of hydrogen-bond donors (Lipinski definition) is 1. The summed E-state index contributed by atoms with van der Waals surface area (Å²) in [6, 6.07) is 4.78. The molecule has 0 bridgehead atoms. The fourth-order valence-electron chi connectivity index (χ4n) is 2.89. The number of piperazine rings is 1. The summed E-state index contributed by atoms with van der Waals surface area (Å²) < 4.78 is 27.6. The smallest absolute Gasteiger partial charge is 0.130 e. The highest BCUT2D eigenvalue weighted by atomic mass is 19.1. The van der Waals surface area contributed by atoms with Crippen molar-refractivity contribution in [3.05, 3.63) is 35.4 Å². The second-order valence-corrected chi connectivity index (χ2v) is 6.22. The van der Waals surface area contributed by atoms with Gasteiger partial charge in [0.05, 0.1) is 0 Å². The zero-order valence-electron chi connectivity index (χ0n) is 12.5. The maximum Gasteiger partial charge on any atom is 0.130 e. The van der Waals surface area contributed by atoms with E-state index >= 15 is 0 Å². The van der Waals surface area contributed by atoms with Crippen LogP contribution in [0.15, 0.2) is 18.2 Å². The third-order valence-corrected chi connectivity index (χ3v) is 3.89. The van der Waals surface area contributed by atoms with Crippen LogP contribution in [-0.2, 0) is 6.54 Å². The molecular weight excluding hydrogens is 258 g/mol. The van der Waals surface area contributed by atoms with Crippen LogP contribution < -0.4 is 5.32 Å². The first-order valence-electron chi connectivity index (χ1n) is 7.37. The molecule has 112 valence electrons. The van der Waals surface area contributed by atoms with E-state index < -0.39 is 11.6 Å². The zero-order chi connectivity index (χ0) is 14.7. The van der Waals surface area contributed by atoms with E-state index in [1.807, 2.05) is 0 Å². The molecule has 2 atom stereocenters. The molecule has 0 spiro atoms. The van der Waals surface area contributed by atoms with E-state index in [2.05, 4.69) is 31.0 Å². The van der Waals surface area contributed by atoms with E-state index in [9.17, 15) is 8.78 Å². The number of nitrogens with one attached hydrogen (secondary N) is 1. The van der Waals surface area contributed by atoms with Crippen LogP contribution in [0.5, 0.6) is 0 Å². The topological polar surface area (TPSA) is 15.3 Å². The van der Waals surface area contributed by atoms with Gasteiger partial charge in [-0.2, -0.15) is 0 Å². The van der Waals surface area contributed by atoms with Crippen LogP contribution in [0.1, 0.15) is 32.8 Å².